The third-order valence-electron chi connectivity index (χ3n) is 7.93. The van der Waals surface area contributed by atoms with Gasteiger partial charge in [-0.1, -0.05) is 38.1 Å². The van der Waals surface area contributed by atoms with Crippen LogP contribution in [0.25, 0.3) is 11.1 Å². The predicted octanol–water partition coefficient (Wildman–Crippen LogP) is 4.36. The molecule has 1 aliphatic rings. The van der Waals surface area contributed by atoms with Crippen LogP contribution in [0.3, 0.4) is 0 Å². The SMILES string of the molecule is COC(=O)C[C@@]([Si])(NC(=O)C(CC(C)C)n1cc(CN2CC[C@@H](F)C2)ccc1=O)c1cncc(-c2c(C)cccc2C)c1. The van der Waals surface area contributed by atoms with E-state index in [1.165, 1.54) is 17.7 Å². The number of hydrogen-bond donors (Lipinski definition) is 1. The molecule has 1 unspecified atom stereocenters. The third-order valence-corrected chi connectivity index (χ3v) is 8.52. The second kappa shape index (κ2) is 13.8. The van der Waals surface area contributed by atoms with Crippen LogP contribution < -0.4 is 10.9 Å². The summed E-state index contributed by atoms with van der Waals surface area (Å²) in [4.78, 5) is 46.3. The van der Waals surface area contributed by atoms with Gasteiger partial charge in [0.05, 0.1) is 28.9 Å². The van der Waals surface area contributed by atoms with Crippen LogP contribution in [0.5, 0.6) is 0 Å². The van der Waals surface area contributed by atoms with Crippen molar-refractivity contribution in [1.29, 1.82) is 0 Å². The van der Waals surface area contributed by atoms with Crippen LogP contribution in [0.2, 0.25) is 0 Å². The zero-order valence-electron chi connectivity index (χ0n) is 25.5. The van der Waals surface area contributed by atoms with Gasteiger partial charge in [-0.25, -0.2) is 4.39 Å². The summed E-state index contributed by atoms with van der Waals surface area (Å²) < 4.78 is 20.2. The Labute approximate surface area is 256 Å². The number of carbonyl (C=O) groups is 2. The lowest BCUT2D eigenvalue weighted by atomic mass is 9.94. The van der Waals surface area contributed by atoms with Gasteiger partial charge in [-0.05, 0) is 66.5 Å². The number of methoxy groups -OCH3 is 1. The molecule has 3 radical (unpaired) electrons. The number of pyridine rings is 2. The van der Waals surface area contributed by atoms with E-state index in [9.17, 15) is 18.8 Å². The molecule has 8 nitrogen and oxygen atoms in total. The van der Waals surface area contributed by atoms with E-state index in [1.807, 2.05) is 56.9 Å². The molecule has 3 atom stereocenters. The molecule has 1 saturated heterocycles. The van der Waals surface area contributed by atoms with Crippen molar-refractivity contribution in [3.05, 3.63) is 87.6 Å². The summed E-state index contributed by atoms with van der Waals surface area (Å²) in [6, 6.07) is 10.3. The Hall–Kier alpha value is -3.63. The van der Waals surface area contributed by atoms with Gasteiger partial charge in [0.25, 0.3) is 5.56 Å². The van der Waals surface area contributed by atoms with Crippen LogP contribution in [0.4, 0.5) is 4.39 Å². The molecule has 3 aromatic rings. The highest BCUT2D eigenvalue weighted by atomic mass is 28.1. The Balaban J connectivity index is 1.71. The van der Waals surface area contributed by atoms with Crippen molar-refractivity contribution in [3.8, 4) is 11.1 Å². The van der Waals surface area contributed by atoms with E-state index in [2.05, 4.69) is 20.5 Å². The van der Waals surface area contributed by atoms with Gasteiger partial charge in [-0.3, -0.25) is 24.3 Å². The first kappa shape index (κ1) is 32.3. The number of nitrogens with zero attached hydrogens (tertiary/aromatic N) is 3. The fourth-order valence-electron chi connectivity index (χ4n) is 5.75. The van der Waals surface area contributed by atoms with Crippen molar-refractivity contribution in [2.24, 2.45) is 5.92 Å². The summed E-state index contributed by atoms with van der Waals surface area (Å²) in [5.74, 6) is -0.894. The number of benzene rings is 1. The number of aromatic nitrogens is 2. The summed E-state index contributed by atoms with van der Waals surface area (Å²) in [5.41, 5.74) is 5.07. The lowest BCUT2D eigenvalue weighted by Crippen LogP contribution is -2.51. The fraction of sp³-hybridized carbons (Fsp3) is 0.455. The minimum Gasteiger partial charge on any atom is -0.469 e. The number of halogens is 1. The quantitative estimate of drug-likeness (QED) is 0.259. The molecular formula is C33H40FN4O4Si. The van der Waals surface area contributed by atoms with Gasteiger partial charge < -0.3 is 14.6 Å². The minimum atomic E-state index is -1.37. The maximum atomic E-state index is 14.1. The molecule has 0 bridgehead atoms. The molecule has 2 aromatic heterocycles. The smallest absolute Gasteiger partial charge is 0.307 e. The van der Waals surface area contributed by atoms with Gasteiger partial charge in [0, 0.05) is 49.9 Å². The summed E-state index contributed by atoms with van der Waals surface area (Å²) in [7, 11) is 5.04. The van der Waals surface area contributed by atoms with E-state index in [-0.39, 0.29) is 17.9 Å². The molecule has 4 rings (SSSR count). The molecule has 3 heterocycles. The fourth-order valence-corrected chi connectivity index (χ4v) is 6.15. The normalized spacial score (nSPS) is 17.4. The van der Waals surface area contributed by atoms with Crippen molar-refractivity contribution >= 4 is 22.1 Å². The first-order valence-electron chi connectivity index (χ1n) is 14.6. The second-order valence-corrected chi connectivity index (χ2v) is 12.8. The highest BCUT2D eigenvalue weighted by Gasteiger charge is 2.36. The molecule has 1 aromatic carbocycles. The summed E-state index contributed by atoms with van der Waals surface area (Å²) in [5, 5.41) is 1.66. The highest BCUT2D eigenvalue weighted by molar-refractivity contribution is 6.18. The molecule has 1 aliphatic heterocycles. The number of alkyl halides is 1. The number of carbonyl (C=O) groups excluding carboxylic acids is 2. The Bertz CT molecular complexity index is 1510. The maximum Gasteiger partial charge on any atom is 0.307 e. The molecule has 0 spiro atoms. The molecule has 10 heteroatoms. The number of rotatable bonds is 11. The first-order valence-corrected chi connectivity index (χ1v) is 15.1. The van der Waals surface area contributed by atoms with Gasteiger partial charge >= 0.3 is 5.97 Å². The van der Waals surface area contributed by atoms with E-state index in [4.69, 9.17) is 4.74 Å². The van der Waals surface area contributed by atoms with Crippen molar-refractivity contribution in [2.45, 2.75) is 70.9 Å². The number of ether oxygens (including phenoxy) is 1. The van der Waals surface area contributed by atoms with Crippen LogP contribution in [-0.4, -0.2) is 62.9 Å². The predicted molar refractivity (Wildman–Crippen MR) is 165 cm³/mol. The number of amides is 1. The molecule has 0 aliphatic carbocycles. The Morgan fingerprint density at radius 1 is 1.19 bits per heavy atom. The van der Waals surface area contributed by atoms with E-state index in [0.29, 0.717) is 38.0 Å². The lowest BCUT2D eigenvalue weighted by molar-refractivity contribution is -0.142. The lowest BCUT2D eigenvalue weighted by Gasteiger charge is -2.33. The van der Waals surface area contributed by atoms with E-state index in [1.54, 1.807) is 24.7 Å². The monoisotopic (exact) mass is 603 g/mol. The average Bonchev–Trinajstić information content (AvgIpc) is 3.36. The summed E-state index contributed by atoms with van der Waals surface area (Å²) >= 11 is 0. The van der Waals surface area contributed by atoms with Crippen molar-refractivity contribution in [3.63, 3.8) is 0 Å². The largest absolute Gasteiger partial charge is 0.469 e. The van der Waals surface area contributed by atoms with E-state index >= 15 is 0 Å². The van der Waals surface area contributed by atoms with Crippen molar-refractivity contribution in [1.82, 2.24) is 19.8 Å². The number of aryl methyl sites for hydroxylation is 2. The van der Waals surface area contributed by atoms with Crippen LogP contribution in [0.1, 0.15) is 61.4 Å². The van der Waals surface area contributed by atoms with Crippen molar-refractivity contribution in [2.75, 3.05) is 20.2 Å². The van der Waals surface area contributed by atoms with Gasteiger partial charge in [0.2, 0.25) is 5.91 Å². The third kappa shape index (κ3) is 7.86. The number of likely N-dealkylation sites (tertiary alicyclic amines) is 1. The number of nitrogens with one attached hydrogen (secondary N) is 1. The molecule has 0 saturated carbocycles. The molecular weight excluding hydrogens is 563 g/mol. The number of hydrogen-bond acceptors (Lipinski definition) is 6. The molecule has 43 heavy (non-hydrogen) atoms. The number of esters is 1. The summed E-state index contributed by atoms with van der Waals surface area (Å²) in [6.45, 7) is 9.48. The average molecular weight is 604 g/mol. The van der Waals surface area contributed by atoms with Gasteiger partial charge in [-0.15, -0.1) is 0 Å². The Morgan fingerprint density at radius 3 is 2.53 bits per heavy atom. The minimum absolute atomic E-state index is 0.0796. The van der Waals surface area contributed by atoms with E-state index in [0.717, 1.165) is 27.8 Å². The van der Waals surface area contributed by atoms with Crippen LogP contribution in [0, 0.1) is 19.8 Å². The zero-order chi connectivity index (χ0) is 31.3. The molecule has 227 valence electrons. The molecule has 1 amide bonds. The Morgan fingerprint density at radius 2 is 1.91 bits per heavy atom. The first-order chi connectivity index (χ1) is 20.4. The van der Waals surface area contributed by atoms with Crippen LogP contribution in [0.15, 0.2) is 59.8 Å². The van der Waals surface area contributed by atoms with Crippen LogP contribution >= 0.6 is 0 Å². The topological polar surface area (TPSA) is 93.5 Å². The maximum absolute atomic E-state index is 14.1. The van der Waals surface area contributed by atoms with Gasteiger partial charge in [-0.2, -0.15) is 0 Å². The Kier molecular flexibility index (Phi) is 10.3. The highest BCUT2D eigenvalue weighted by Crippen LogP contribution is 2.31. The summed E-state index contributed by atoms with van der Waals surface area (Å²) in [6.07, 6.45) is 4.86. The zero-order valence-corrected chi connectivity index (χ0v) is 26.5. The van der Waals surface area contributed by atoms with Crippen LogP contribution in [-0.2, 0) is 26.0 Å². The van der Waals surface area contributed by atoms with Gasteiger partial charge in [0.1, 0.15) is 12.2 Å². The second-order valence-electron chi connectivity index (χ2n) is 11.9. The van der Waals surface area contributed by atoms with Gasteiger partial charge in [0.15, 0.2) is 0 Å². The van der Waals surface area contributed by atoms with Crippen molar-refractivity contribution < 1.29 is 18.7 Å². The van der Waals surface area contributed by atoms with E-state index < -0.39 is 29.3 Å². The molecule has 1 N–H and O–H groups in total. The molecule has 1 fully saturated rings. The standard InChI is InChI=1S/C33H40FN4O4Si/c1-21(2)13-28(38-19-24(9-10-29(38)39)18-37-12-11-27(34)20-37)32(41)36-33(43,15-30(40)42-5)26-14-25(16-35-17-26)31-22(3)7-6-8-23(31)4/h6-10,14,16-17,19,21,27-28H,11-13,15,18,20H2,1-5H3,(H,36,41)/t27-,28?,33+/m1/s1.